The fourth-order valence-corrected chi connectivity index (χ4v) is 2.51. The van der Waals surface area contributed by atoms with Crippen LogP contribution in [-0.4, -0.2) is 48.4 Å². The van der Waals surface area contributed by atoms with E-state index in [0.29, 0.717) is 0 Å². The van der Waals surface area contributed by atoms with E-state index in [4.69, 9.17) is 5.73 Å². The molecule has 1 aromatic rings. The third-order valence-corrected chi connectivity index (χ3v) is 3.65. The second kappa shape index (κ2) is 6.68. The smallest absolute Gasteiger partial charge is 0.244 e. The zero-order valence-electron chi connectivity index (χ0n) is 11.6. The number of benzene rings is 1. The Morgan fingerprint density at radius 3 is 2.42 bits per heavy atom. The van der Waals surface area contributed by atoms with Crippen molar-refractivity contribution in [1.82, 2.24) is 9.80 Å². The second-order valence-electron chi connectivity index (χ2n) is 5.06. The average Bonchev–Trinajstić information content (AvgIpc) is 2.48. The molecule has 1 aliphatic rings. The van der Waals surface area contributed by atoms with Crippen LogP contribution in [0.2, 0.25) is 0 Å². The largest absolute Gasteiger partial charge is 0.338 e. The zero-order chi connectivity index (χ0) is 13.7. The summed E-state index contributed by atoms with van der Waals surface area (Å²) >= 11 is 0. The van der Waals surface area contributed by atoms with Gasteiger partial charge in [-0.15, -0.1) is 0 Å². The molecular weight excluding hydrogens is 238 g/mol. The topological polar surface area (TPSA) is 49.6 Å². The Kier molecular flexibility index (Phi) is 4.93. The van der Waals surface area contributed by atoms with Gasteiger partial charge in [0.1, 0.15) is 6.04 Å². The number of carbonyl (C=O) groups excluding carboxylic acids is 1. The van der Waals surface area contributed by atoms with E-state index in [0.717, 1.165) is 44.7 Å². The third-order valence-electron chi connectivity index (χ3n) is 3.65. The molecule has 4 heteroatoms. The number of carbonyl (C=O) groups is 1. The summed E-state index contributed by atoms with van der Waals surface area (Å²) in [5.41, 5.74) is 6.95. The van der Waals surface area contributed by atoms with Crippen LogP contribution in [0, 0.1) is 0 Å². The molecule has 2 rings (SSSR count). The monoisotopic (exact) mass is 261 g/mol. The SMILES string of the molecule is CCCN1CCN(C(=O)[C@H](N)c2ccccc2)CC1. The minimum absolute atomic E-state index is 0.0438. The molecule has 0 spiro atoms. The van der Waals surface area contributed by atoms with Crippen molar-refractivity contribution in [2.45, 2.75) is 19.4 Å². The first-order valence-corrected chi connectivity index (χ1v) is 7.04. The molecule has 1 fully saturated rings. The molecule has 4 nitrogen and oxygen atoms in total. The third kappa shape index (κ3) is 3.55. The molecule has 0 saturated carbocycles. The summed E-state index contributed by atoms with van der Waals surface area (Å²) in [7, 11) is 0. The van der Waals surface area contributed by atoms with Crippen molar-refractivity contribution in [3.63, 3.8) is 0 Å². The lowest BCUT2D eigenvalue weighted by atomic mass is 10.1. The summed E-state index contributed by atoms with van der Waals surface area (Å²) in [6, 6.07) is 9.07. The van der Waals surface area contributed by atoms with E-state index < -0.39 is 6.04 Å². The molecule has 1 aromatic carbocycles. The van der Waals surface area contributed by atoms with Gasteiger partial charge >= 0.3 is 0 Å². The Labute approximate surface area is 115 Å². The van der Waals surface area contributed by atoms with E-state index in [-0.39, 0.29) is 5.91 Å². The molecule has 0 aromatic heterocycles. The number of amides is 1. The maximum Gasteiger partial charge on any atom is 0.244 e. The van der Waals surface area contributed by atoms with Gasteiger partial charge in [-0.1, -0.05) is 37.3 Å². The van der Waals surface area contributed by atoms with Crippen molar-refractivity contribution in [3.8, 4) is 0 Å². The highest BCUT2D eigenvalue weighted by atomic mass is 16.2. The van der Waals surface area contributed by atoms with Crippen LogP contribution in [0.15, 0.2) is 30.3 Å². The Balaban J connectivity index is 1.91. The van der Waals surface area contributed by atoms with Crippen LogP contribution in [0.5, 0.6) is 0 Å². The van der Waals surface area contributed by atoms with Crippen LogP contribution in [-0.2, 0) is 4.79 Å². The number of piperazine rings is 1. The minimum Gasteiger partial charge on any atom is -0.338 e. The van der Waals surface area contributed by atoms with E-state index in [1.807, 2.05) is 35.2 Å². The van der Waals surface area contributed by atoms with Crippen molar-refractivity contribution in [1.29, 1.82) is 0 Å². The molecule has 104 valence electrons. The normalized spacial score (nSPS) is 18.3. The van der Waals surface area contributed by atoms with Gasteiger partial charge in [0, 0.05) is 26.2 Å². The summed E-state index contributed by atoms with van der Waals surface area (Å²) < 4.78 is 0. The molecule has 0 aliphatic carbocycles. The first-order chi connectivity index (χ1) is 9.22. The Morgan fingerprint density at radius 2 is 1.84 bits per heavy atom. The molecule has 1 aliphatic heterocycles. The predicted octanol–water partition coefficient (Wildman–Crippen LogP) is 1.24. The number of nitrogens with two attached hydrogens (primary N) is 1. The van der Waals surface area contributed by atoms with Crippen LogP contribution in [0.25, 0.3) is 0 Å². The number of hydrogen-bond acceptors (Lipinski definition) is 3. The quantitative estimate of drug-likeness (QED) is 0.887. The number of rotatable bonds is 4. The highest BCUT2D eigenvalue weighted by Crippen LogP contribution is 2.14. The van der Waals surface area contributed by atoms with Gasteiger partial charge in [-0.2, -0.15) is 0 Å². The van der Waals surface area contributed by atoms with Crippen LogP contribution in [0.3, 0.4) is 0 Å². The summed E-state index contributed by atoms with van der Waals surface area (Å²) in [6.45, 7) is 6.80. The van der Waals surface area contributed by atoms with Crippen LogP contribution in [0.4, 0.5) is 0 Å². The molecule has 0 bridgehead atoms. The van der Waals surface area contributed by atoms with Crippen LogP contribution < -0.4 is 5.73 Å². The summed E-state index contributed by atoms with van der Waals surface area (Å²) in [5, 5.41) is 0. The van der Waals surface area contributed by atoms with Gasteiger partial charge in [-0.25, -0.2) is 0 Å². The molecule has 0 unspecified atom stereocenters. The van der Waals surface area contributed by atoms with E-state index in [2.05, 4.69) is 11.8 Å². The molecule has 0 radical (unpaired) electrons. The zero-order valence-corrected chi connectivity index (χ0v) is 11.6. The standard InChI is InChI=1S/C15H23N3O/c1-2-8-17-9-11-18(12-10-17)15(19)14(16)13-6-4-3-5-7-13/h3-7,14H,2,8-12,16H2,1H3/t14-/m1/s1. The summed E-state index contributed by atoms with van der Waals surface area (Å²) in [4.78, 5) is 16.6. The molecule has 1 saturated heterocycles. The molecule has 19 heavy (non-hydrogen) atoms. The highest BCUT2D eigenvalue weighted by Gasteiger charge is 2.25. The van der Waals surface area contributed by atoms with Crippen LogP contribution >= 0.6 is 0 Å². The van der Waals surface area contributed by atoms with Gasteiger partial charge in [-0.05, 0) is 18.5 Å². The Bertz CT molecular complexity index is 399. The highest BCUT2D eigenvalue weighted by molar-refractivity contribution is 5.83. The molecular formula is C15H23N3O. The van der Waals surface area contributed by atoms with Gasteiger partial charge < -0.3 is 10.6 Å². The molecule has 1 heterocycles. The second-order valence-corrected chi connectivity index (χ2v) is 5.06. The Morgan fingerprint density at radius 1 is 1.21 bits per heavy atom. The van der Waals surface area contributed by atoms with Crippen molar-refractivity contribution in [2.24, 2.45) is 5.73 Å². The van der Waals surface area contributed by atoms with E-state index in [1.165, 1.54) is 0 Å². The lowest BCUT2D eigenvalue weighted by Crippen LogP contribution is -2.51. The van der Waals surface area contributed by atoms with E-state index in [1.54, 1.807) is 0 Å². The first-order valence-electron chi connectivity index (χ1n) is 7.04. The van der Waals surface area contributed by atoms with E-state index >= 15 is 0 Å². The maximum absolute atomic E-state index is 12.3. The van der Waals surface area contributed by atoms with Gasteiger partial charge in [-0.3, -0.25) is 9.69 Å². The molecule has 1 amide bonds. The fraction of sp³-hybridized carbons (Fsp3) is 0.533. The van der Waals surface area contributed by atoms with Gasteiger partial charge in [0.15, 0.2) is 0 Å². The van der Waals surface area contributed by atoms with Crippen molar-refractivity contribution < 1.29 is 4.79 Å². The van der Waals surface area contributed by atoms with Crippen molar-refractivity contribution in [2.75, 3.05) is 32.7 Å². The summed E-state index contributed by atoms with van der Waals surface area (Å²) in [6.07, 6.45) is 1.16. The minimum atomic E-state index is -0.529. The first kappa shape index (κ1) is 14.0. The summed E-state index contributed by atoms with van der Waals surface area (Å²) in [5.74, 6) is 0.0438. The van der Waals surface area contributed by atoms with Gasteiger partial charge in [0.05, 0.1) is 0 Å². The fourth-order valence-electron chi connectivity index (χ4n) is 2.51. The lowest BCUT2D eigenvalue weighted by Gasteiger charge is -2.35. The lowest BCUT2D eigenvalue weighted by molar-refractivity contribution is -0.134. The predicted molar refractivity (Wildman–Crippen MR) is 76.7 cm³/mol. The number of hydrogen-bond donors (Lipinski definition) is 1. The maximum atomic E-state index is 12.3. The van der Waals surface area contributed by atoms with Crippen molar-refractivity contribution in [3.05, 3.63) is 35.9 Å². The van der Waals surface area contributed by atoms with Crippen molar-refractivity contribution >= 4 is 5.91 Å². The van der Waals surface area contributed by atoms with Crippen LogP contribution in [0.1, 0.15) is 24.9 Å². The number of nitrogens with zero attached hydrogens (tertiary/aromatic N) is 2. The molecule has 2 N–H and O–H groups in total. The molecule has 1 atom stereocenters. The van der Waals surface area contributed by atoms with Gasteiger partial charge in [0.25, 0.3) is 0 Å². The van der Waals surface area contributed by atoms with Gasteiger partial charge in [0.2, 0.25) is 5.91 Å². The Hall–Kier alpha value is -1.39. The average molecular weight is 261 g/mol. The van der Waals surface area contributed by atoms with E-state index in [9.17, 15) is 4.79 Å².